The van der Waals surface area contributed by atoms with Gasteiger partial charge < -0.3 is 20.7 Å². The summed E-state index contributed by atoms with van der Waals surface area (Å²) >= 11 is 0. The van der Waals surface area contributed by atoms with Crippen molar-refractivity contribution in [3.05, 3.63) is 29.8 Å². The van der Waals surface area contributed by atoms with Crippen molar-refractivity contribution in [2.45, 2.75) is 51.2 Å². The van der Waals surface area contributed by atoms with Gasteiger partial charge in [0.2, 0.25) is 11.8 Å². The molecule has 3 rings (SSSR count). The highest BCUT2D eigenvalue weighted by Gasteiger charge is 2.40. The minimum atomic E-state index is -1.00. The number of rotatable bonds is 6. The Balaban J connectivity index is 1.51. The molecule has 1 aromatic carbocycles. The van der Waals surface area contributed by atoms with E-state index >= 15 is 0 Å². The zero-order chi connectivity index (χ0) is 20.3. The summed E-state index contributed by atoms with van der Waals surface area (Å²) < 4.78 is 5.29. The molecule has 1 aliphatic carbocycles. The van der Waals surface area contributed by atoms with Crippen LogP contribution in [0, 0.1) is 5.92 Å². The van der Waals surface area contributed by atoms with Crippen LogP contribution in [0.5, 0.6) is 0 Å². The van der Waals surface area contributed by atoms with Crippen molar-refractivity contribution in [3.63, 3.8) is 0 Å². The Morgan fingerprint density at radius 1 is 1.18 bits per heavy atom. The summed E-state index contributed by atoms with van der Waals surface area (Å²) in [5.74, 6) is -2.12. The SMILES string of the molecule is C[C@@H](OC(=O)[C@@H]1CC(=O)N(C2CCCC2)C1)C(=O)Nc1ccc(C(N)=O)cc1. The maximum atomic E-state index is 12.4. The fourth-order valence-electron chi connectivity index (χ4n) is 3.74. The summed E-state index contributed by atoms with van der Waals surface area (Å²) in [6.07, 6.45) is 3.33. The van der Waals surface area contributed by atoms with E-state index < -0.39 is 29.8 Å². The first kappa shape index (κ1) is 19.9. The minimum Gasteiger partial charge on any atom is -0.452 e. The molecule has 1 heterocycles. The van der Waals surface area contributed by atoms with E-state index in [4.69, 9.17) is 10.5 Å². The molecule has 0 spiro atoms. The highest BCUT2D eigenvalue weighted by atomic mass is 16.5. The Morgan fingerprint density at radius 3 is 2.43 bits per heavy atom. The van der Waals surface area contributed by atoms with Gasteiger partial charge in [-0.25, -0.2) is 0 Å². The van der Waals surface area contributed by atoms with Crippen molar-refractivity contribution < 1.29 is 23.9 Å². The molecule has 0 aromatic heterocycles. The summed E-state index contributed by atoms with van der Waals surface area (Å²) in [5, 5.41) is 2.62. The third-order valence-electron chi connectivity index (χ3n) is 5.36. The summed E-state index contributed by atoms with van der Waals surface area (Å²) in [6.45, 7) is 1.85. The Labute approximate surface area is 163 Å². The molecule has 8 nitrogen and oxygen atoms in total. The molecular formula is C20H25N3O5. The molecule has 1 aliphatic heterocycles. The zero-order valence-electron chi connectivity index (χ0n) is 15.8. The summed E-state index contributed by atoms with van der Waals surface area (Å²) in [4.78, 5) is 49.8. The lowest BCUT2D eigenvalue weighted by Crippen LogP contribution is -2.36. The van der Waals surface area contributed by atoms with Gasteiger partial charge >= 0.3 is 5.97 Å². The van der Waals surface area contributed by atoms with Crippen LogP contribution in [0.15, 0.2) is 24.3 Å². The van der Waals surface area contributed by atoms with Crippen LogP contribution >= 0.6 is 0 Å². The Morgan fingerprint density at radius 2 is 1.82 bits per heavy atom. The number of carbonyl (C=O) groups excluding carboxylic acids is 4. The van der Waals surface area contributed by atoms with E-state index in [1.165, 1.54) is 19.1 Å². The molecule has 28 heavy (non-hydrogen) atoms. The molecule has 1 saturated carbocycles. The Kier molecular flexibility index (Phi) is 5.96. The smallest absolute Gasteiger partial charge is 0.312 e. The van der Waals surface area contributed by atoms with E-state index in [1.807, 2.05) is 0 Å². The highest BCUT2D eigenvalue weighted by Crippen LogP contribution is 2.30. The van der Waals surface area contributed by atoms with E-state index in [-0.39, 0.29) is 18.4 Å². The van der Waals surface area contributed by atoms with Crippen LogP contribution in [0.25, 0.3) is 0 Å². The van der Waals surface area contributed by atoms with Crippen LogP contribution in [-0.2, 0) is 19.1 Å². The van der Waals surface area contributed by atoms with E-state index in [9.17, 15) is 19.2 Å². The number of benzene rings is 1. The summed E-state index contributed by atoms with van der Waals surface area (Å²) in [6, 6.07) is 6.31. The Hall–Kier alpha value is -2.90. The molecule has 2 fully saturated rings. The second-order valence-corrected chi connectivity index (χ2v) is 7.40. The van der Waals surface area contributed by atoms with Gasteiger partial charge in [-0.15, -0.1) is 0 Å². The van der Waals surface area contributed by atoms with Gasteiger partial charge in [-0.05, 0) is 44.0 Å². The topological polar surface area (TPSA) is 119 Å². The molecule has 1 saturated heterocycles. The molecular weight excluding hydrogens is 362 g/mol. The van der Waals surface area contributed by atoms with Crippen molar-refractivity contribution in [2.75, 3.05) is 11.9 Å². The minimum absolute atomic E-state index is 0.0134. The van der Waals surface area contributed by atoms with Crippen molar-refractivity contribution >= 4 is 29.4 Å². The molecule has 8 heteroatoms. The van der Waals surface area contributed by atoms with Crippen molar-refractivity contribution in [3.8, 4) is 0 Å². The van der Waals surface area contributed by atoms with E-state index in [2.05, 4.69) is 5.32 Å². The predicted molar refractivity (Wildman–Crippen MR) is 101 cm³/mol. The predicted octanol–water partition coefficient (Wildman–Crippen LogP) is 1.45. The first-order chi connectivity index (χ1) is 13.3. The number of nitrogens with one attached hydrogen (secondary N) is 1. The summed E-state index contributed by atoms with van der Waals surface area (Å²) in [5.41, 5.74) is 5.96. The number of nitrogens with zero attached hydrogens (tertiary/aromatic N) is 1. The van der Waals surface area contributed by atoms with Crippen molar-refractivity contribution in [1.82, 2.24) is 4.90 Å². The summed E-state index contributed by atoms with van der Waals surface area (Å²) in [7, 11) is 0. The quantitative estimate of drug-likeness (QED) is 0.716. The van der Waals surface area contributed by atoms with E-state index in [1.54, 1.807) is 17.0 Å². The molecule has 2 atom stereocenters. The fraction of sp³-hybridized carbons (Fsp3) is 0.500. The first-order valence-electron chi connectivity index (χ1n) is 9.56. The highest BCUT2D eigenvalue weighted by molar-refractivity contribution is 5.97. The molecule has 0 unspecified atom stereocenters. The van der Waals surface area contributed by atoms with Gasteiger partial charge in [0.15, 0.2) is 6.10 Å². The first-order valence-corrected chi connectivity index (χ1v) is 9.56. The monoisotopic (exact) mass is 387 g/mol. The number of hydrogen-bond donors (Lipinski definition) is 2. The fourth-order valence-corrected chi connectivity index (χ4v) is 3.74. The number of anilines is 1. The molecule has 150 valence electrons. The molecule has 0 bridgehead atoms. The van der Waals surface area contributed by atoms with Crippen LogP contribution in [0.4, 0.5) is 5.69 Å². The van der Waals surface area contributed by atoms with E-state index in [0.717, 1.165) is 25.7 Å². The lowest BCUT2D eigenvalue weighted by molar-refractivity contribution is -0.157. The van der Waals surface area contributed by atoms with Gasteiger partial charge in [0.1, 0.15) is 0 Å². The van der Waals surface area contributed by atoms with Gasteiger partial charge in [0, 0.05) is 30.3 Å². The Bertz CT molecular complexity index is 771. The second-order valence-electron chi connectivity index (χ2n) is 7.40. The maximum absolute atomic E-state index is 12.4. The normalized spacial score (nSPS) is 20.8. The zero-order valence-corrected chi connectivity index (χ0v) is 15.8. The average molecular weight is 387 g/mol. The standard InChI is InChI=1S/C20H25N3O5/c1-12(19(26)22-15-8-6-13(7-9-15)18(21)25)28-20(27)14-10-17(24)23(11-14)16-4-2-3-5-16/h6-9,12,14,16H,2-5,10-11H2,1H3,(H2,21,25)(H,22,26)/t12-,14-/m1/s1. The third kappa shape index (κ3) is 4.49. The number of primary amides is 1. The van der Waals surface area contributed by atoms with Crippen LogP contribution in [-0.4, -0.2) is 47.3 Å². The van der Waals surface area contributed by atoms with Gasteiger partial charge in [-0.1, -0.05) is 12.8 Å². The molecule has 3 N–H and O–H groups in total. The number of amides is 3. The van der Waals surface area contributed by atoms with Crippen LogP contribution in [0.3, 0.4) is 0 Å². The van der Waals surface area contributed by atoms with Crippen LogP contribution < -0.4 is 11.1 Å². The molecule has 0 radical (unpaired) electrons. The molecule has 2 aliphatic rings. The average Bonchev–Trinajstić information content (AvgIpc) is 3.31. The number of hydrogen-bond acceptors (Lipinski definition) is 5. The van der Waals surface area contributed by atoms with Gasteiger partial charge in [-0.2, -0.15) is 0 Å². The van der Waals surface area contributed by atoms with Crippen LogP contribution in [0.1, 0.15) is 49.4 Å². The third-order valence-corrected chi connectivity index (χ3v) is 5.36. The van der Waals surface area contributed by atoms with Gasteiger partial charge in [0.25, 0.3) is 5.91 Å². The van der Waals surface area contributed by atoms with Crippen LogP contribution in [0.2, 0.25) is 0 Å². The number of likely N-dealkylation sites (tertiary alicyclic amines) is 1. The van der Waals surface area contributed by atoms with Crippen molar-refractivity contribution in [1.29, 1.82) is 0 Å². The second kappa shape index (κ2) is 8.41. The lowest BCUT2D eigenvalue weighted by atomic mass is 10.1. The number of esters is 1. The lowest BCUT2D eigenvalue weighted by Gasteiger charge is -2.24. The number of nitrogens with two attached hydrogens (primary N) is 1. The van der Waals surface area contributed by atoms with Crippen molar-refractivity contribution in [2.24, 2.45) is 11.7 Å². The van der Waals surface area contributed by atoms with Gasteiger partial charge in [-0.3, -0.25) is 19.2 Å². The molecule has 3 amide bonds. The maximum Gasteiger partial charge on any atom is 0.312 e. The molecule has 1 aromatic rings. The number of carbonyl (C=O) groups is 4. The van der Waals surface area contributed by atoms with E-state index in [0.29, 0.717) is 17.8 Å². The van der Waals surface area contributed by atoms with Gasteiger partial charge in [0.05, 0.1) is 5.92 Å². The number of ether oxygens (including phenoxy) is 1. The largest absolute Gasteiger partial charge is 0.452 e.